The van der Waals surface area contributed by atoms with Crippen LogP contribution in [-0.2, 0) is 10.0 Å². The Hall–Kier alpha value is -2.29. The number of nitro benzene ring substituents is 1. The van der Waals surface area contributed by atoms with Gasteiger partial charge in [-0.25, -0.2) is 12.7 Å². The molecule has 0 amide bonds. The van der Waals surface area contributed by atoms with Crippen molar-refractivity contribution in [2.24, 2.45) is 0 Å². The molecule has 0 spiro atoms. The summed E-state index contributed by atoms with van der Waals surface area (Å²) in [5.41, 5.74) is 0.713. The fraction of sp³-hybridized carbons (Fsp3) is 0.368. The molecule has 0 bridgehead atoms. The van der Waals surface area contributed by atoms with Gasteiger partial charge in [-0.1, -0.05) is 36.8 Å². The molecule has 27 heavy (non-hydrogen) atoms. The van der Waals surface area contributed by atoms with E-state index in [2.05, 4.69) is 0 Å². The Morgan fingerprint density at radius 3 is 2.07 bits per heavy atom. The number of sulfonamides is 1. The molecular formula is C19H22N2O5S. The third kappa shape index (κ3) is 4.18. The van der Waals surface area contributed by atoms with Gasteiger partial charge in [0.05, 0.1) is 4.92 Å². The van der Waals surface area contributed by atoms with E-state index in [1.54, 1.807) is 30.3 Å². The summed E-state index contributed by atoms with van der Waals surface area (Å²) in [5, 5.41) is 20.6. The van der Waals surface area contributed by atoms with Gasteiger partial charge in [0.1, 0.15) is 11.4 Å². The van der Waals surface area contributed by atoms with Crippen molar-refractivity contribution >= 4 is 15.7 Å². The third-order valence-corrected chi connectivity index (χ3v) is 7.11. The summed E-state index contributed by atoms with van der Waals surface area (Å²) in [6.45, 7) is 0.886. The Morgan fingerprint density at radius 1 is 0.926 bits per heavy atom. The molecule has 7 nitrogen and oxygen atoms in total. The maximum absolute atomic E-state index is 13.3. The van der Waals surface area contributed by atoms with Crippen LogP contribution < -0.4 is 0 Å². The average molecular weight is 390 g/mol. The van der Waals surface area contributed by atoms with E-state index in [1.807, 2.05) is 0 Å². The number of rotatable bonds is 6. The molecule has 1 fully saturated rings. The van der Waals surface area contributed by atoms with Crippen LogP contribution in [0.1, 0.15) is 41.7 Å². The van der Waals surface area contributed by atoms with E-state index in [0.29, 0.717) is 24.2 Å². The monoisotopic (exact) mass is 390 g/mol. The Morgan fingerprint density at radius 2 is 1.52 bits per heavy atom. The van der Waals surface area contributed by atoms with Gasteiger partial charge in [0, 0.05) is 25.2 Å². The zero-order valence-electron chi connectivity index (χ0n) is 14.8. The third-order valence-electron chi connectivity index (χ3n) is 4.86. The van der Waals surface area contributed by atoms with E-state index in [1.165, 1.54) is 28.6 Å². The van der Waals surface area contributed by atoms with E-state index in [9.17, 15) is 23.6 Å². The molecule has 1 aliphatic heterocycles. The molecule has 1 saturated heterocycles. The van der Waals surface area contributed by atoms with Gasteiger partial charge in [-0.2, -0.15) is 0 Å². The van der Waals surface area contributed by atoms with E-state index >= 15 is 0 Å². The van der Waals surface area contributed by atoms with Crippen LogP contribution in [-0.4, -0.2) is 35.8 Å². The van der Waals surface area contributed by atoms with Crippen molar-refractivity contribution < 1.29 is 18.4 Å². The summed E-state index contributed by atoms with van der Waals surface area (Å²) in [7, 11) is -3.80. The van der Waals surface area contributed by atoms with Gasteiger partial charge in [-0.15, -0.1) is 0 Å². The zero-order valence-corrected chi connectivity index (χ0v) is 15.6. The van der Waals surface area contributed by atoms with E-state index in [4.69, 9.17) is 0 Å². The smallest absolute Gasteiger partial charge is 0.269 e. The Kier molecular flexibility index (Phi) is 5.88. The molecule has 2 unspecified atom stereocenters. The second-order valence-electron chi connectivity index (χ2n) is 6.63. The lowest BCUT2D eigenvalue weighted by Gasteiger charge is -2.32. The number of aliphatic hydroxyl groups is 1. The number of piperidine rings is 1. The molecular weight excluding hydrogens is 368 g/mol. The first kappa shape index (κ1) is 19.5. The molecule has 1 aliphatic rings. The molecule has 1 N–H and O–H groups in total. The Balaban J connectivity index is 2.00. The van der Waals surface area contributed by atoms with E-state index in [-0.39, 0.29) is 5.69 Å². The first-order valence-corrected chi connectivity index (χ1v) is 10.4. The fourth-order valence-electron chi connectivity index (χ4n) is 3.41. The fourth-order valence-corrected chi connectivity index (χ4v) is 5.48. The zero-order chi connectivity index (χ0) is 19.4. The van der Waals surface area contributed by atoms with Crippen LogP contribution in [0.15, 0.2) is 54.6 Å². The molecule has 8 heteroatoms. The van der Waals surface area contributed by atoms with Gasteiger partial charge in [0.2, 0.25) is 10.0 Å². The molecule has 0 aromatic heterocycles. The van der Waals surface area contributed by atoms with Gasteiger partial charge in [0.25, 0.3) is 5.69 Å². The summed E-state index contributed by atoms with van der Waals surface area (Å²) in [4.78, 5) is 10.3. The predicted molar refractivity (Wildman–Crippen MR) is 102 cm³/mol. The SMILES string of the molecule is O=[N+]([O-])c1ccc(C(O)C(c2ccccc2)S(=O)(=O)N2CCCCC2)cc1. The van der Waals surface area contributed by atoms with Crippen LogP contribution in [0, 0.1) is 10.1 Å². The molecule has 2 aromatic rings. The molecule has 2 aromatic carbocycles. The van der Waals surface area contributed by atoms with Gasteiger partial charge in [-0.3, -0.25) is 10.1 Å². The molecule has 0 radical (unpaired) electrons. The van der Waals surface area contributed by atoms with Crippen molar-refractivity contribution in [3.8, 4) is 0 Å². The molecule has 0 saturated carbocycles. The molecule has 2 atom stereocenters. The lowest BCUT2D eigenvalue weighted by Crippen LogP contribution is -2.40. The van der Waals surface area contributed by atoms with Crippen molar-refractivity contribution in [1.29, 1.82) is 0 Å². The second-order valence-corrected chi connectivity index (χ2v) is 8.68. The van der Waals surface area contributed by atoms with Crippen molar-refractivity contribution in [1.82, 2.24) is 4.31 Å². The highest BCUT2D eigenvalue weighted by atomic mass is 32.2. The molecule has 0 aliphatic carbocycles. The van der Waals surface area contributed by atoms with Crippen LogP contribution in [0.4, 0.5) is 5.69 Å². The van der Waals surface area contributed by atoms with Gasteiger partial charge in [0.15, 0.2) is 0 Å². The Bertz CT molecular complexity index is 878. The van der Waals surface area contributed by atoms with E-state index < -0.39 is 26.3 Å². The van der Waals surface area contributed by atoms with Gasteiger partial charge in [-0.05, 0) is 36.1 Å². The standard InChI is InChI=1S/C19H22N2O5S/c22-18(15-9-11-17(12-10-15)21(23)24)19(16-7-3-1-4-8-16)27(25,26)20-13-5-2-6-14-20/h1,3-4,7-12,18-19,22H,2,5-6,13-14H2. The second kappa shape index (κ2) is 8.16. The highest BCUT2D eigenvalue weighted by Gasteiger charge is 2.39. The first-order valence-electron chi connectivity index (χ1n) is 8.87. The summed E-state index contributed by atoms with van der Waals surface area (Å²) < 4.78 is 28.1. The highest BCUT2D eigenvalue weighted by Crippen LogP contribution is 2.38. The lowest BCUT2D eigenvalue weighted by molar-refractivity contribution is -0.384. The van der Waals surface area contributed by atoms with Crippen LogP contribution >= 0.6 is 0 Å². The van der Waals surface area contributed by atoms with Gasteiger partial charge < -0.3 is 5.11 Å². The first-order chi connectivity index (χ1) is 12.9. The van der Waals surface area contributed by atoms with Crippen LogP contribution in [0.2, 0.25) is 0 Å². The van der Waals surface area contributed by atoms with Crippen molar-refractivity contribution in [2.75, 3.05) is 13.1 Å². The maximum atomic E-state index is 13.3. The van der Waals surface area contributed by atoms with Gasteiger partial charge >= 0.3 is 0 Å². The number of nitro groups is 1. The highest BCUT2D eigenvalue weighted by molar-refractivity contribution is 7.89. The van der Waals surface area contributed by atoms with Crippen LogP contribution in [0.5, 0.6) is 0 Å². The number of nitrogens with zero attached hydrogens (tertiary/aromatic N) is 2. The summed E-state index contributed by atoms with van der Waals surface area (Å²) >= 11 is 0. The minimum Gasteiger partial charge on any atom is -0.387 e. The average Bonchev–Trinajstić information content (AvgIpc) is 2.69. The number of hydrogen-bond donors (Lipinski definition) is 1. The number of hydrogen-bond acceptors (Lipinski definition) is 5. The molecule has 3 rings (SSSR count). The number of non-ortho nitro benzene ring substituents is 1. The predicted octanol–water partition coefficient (Wildman–Crippen LogP) is 3.19. The minimum absolute atomic E-state index is 0.110. The van der Waals surface area contributed by atoms with E-state index in [0.717, 1.165) is 19.3 Å². The Labute approximate surface area is 158 Å². The largest absolute Gasteiger partial charge is 0.387 e. The summed E-state index contributed by atoms with van der Waals surface area (Å²) in [5.74, 6) is 0. The van der Waals surface area contributed by atoms with Crippen LogP contribution in [0.3, 0.4) is 0 Å². The minimum atomic E-state index is -3.80. The maximum Gasteiger partial charge on any atom is 0.269 e. The van der Waals surface area contributed by atoms with Crippen molar-refractivity contribution in [3.63, 3.8) is 0 Å². The molecule has 144 valence electrons. The summed E-state index contributed by atoms with van der Waals surface area (Å²) in [6.07, 6.45) is 1.26. The quantitative estimate of drug-likeness (QED) is 0.603. The summed E-state index contributed by atoms with van der Waals surface area (Å²) in [6, 6.07) is 14.0. The normalized spacial score (nSPS) is 18.0. The van der Waals surface area contributed by atoms with Crippen LogP contribution in [0.25, 0.3) is 0 Å². The van der Waals surface area contributed by atoms with Crippen molar-refractivity contribution in [3.05, 3.63) is 75.8 Å². The van der Waals surface area contributed by atoms with Crippen molar-refractivity contribution in [2.45, 2.75) is 30.6 Å². The number of benzene rings is 2. The topological polar surface area (TPSA) is 101 Å². The lowest BCUT2D eigenvalue weighted by atomic mass is 10.0. The molecule has 1 heterocycles. The number of aliphatic hydroxyl groups excluding tert-OH is 1.